The van der Waals surface area contributed by atoms with E-state index in [4.69, 9.17) is 4.74 Å². The number of hydrogen-bond acceptors (Lipinski definition) is 7. The molecule has 4 aromatic rings. The molecule has 3 heterocycles. The molecule has 5 rings (SSSR count). The fourth-order valence-corrected chi connectivity index (χ4v) is 4.33. The molecule has 1 aliphatic rings. The van der Waals surface area contributed by atoms with Crippen LogP contribution in [0.15, 0.2) is 47.8 Å². The van der Waals surface area contributed by atoms with Gasteiger partial charge in [0.05, 0.1) is 17.8 Å². The summed E-state index contributed by atoms with van der Waals surface area (Å²) in [6, 6.07) is 13.6. The van der Waals surface area contributed by atoms with Gasteiger partial charge in [0.15, 0.2) is 0 Å². The van der Waals surface area contributed by atoms with Crippen LogP contribution < -0.4 is 9.64 Å². The Bertz CT molecular complexity index is 1260. The van der Waals surface area contributed by atoms with Gasteiger partial charge in [-0.2, -0.15) is 4.80 Å². The van der Waals surface area contributed by atoms with Gasteiger partial charge in [0.2, 0.25) is 5.82 Å². The number of aryl methyl sites for hydroxylation is 1. The van der Waals surface area contributed by atoms with Crippen LogP contribution in [0.2, 0.25) is 0 Å². The van der Waals surface area contributed by atoms with Crippen molar-refractivity contribution in [2.75, 3.05) is 18.6 Å². The van der Waals surface area contributed by atoms with Crippen molar-refractivity contribution in [1.29, 1.82) is 0 Å². The number of carbonyl (C=O) groups excluding carboxylic acids is 1. The third-order valence-corrected chi connectivity index (χ3v) is 6.02. The fourth-order valence-electron chi connectivity index (χ4n) is 3.71. The number of rotatable bonds is 5. The van der Waals surface area contributed by atoms with Crippen LogP contribution in [0.5, 0.6) is 5.75 Å². The average molecular weight is 433 g/mol. The predicted molar refractivity (Wildman–Crippen MR) is 118 cm³/mol. The molecule has 0 radical (unpaired) electrons. The molecule has 8 nitrogen and oxygen atoms in total. The Morgan fingerprint density at radius 2 is 2.10 bits per heavy atom. The van der Waals surface area contributed by atoms with Gasteiger partial charge in [-0.15, -0.1) is 21.5 Å². The minimum Gasteiger partial charge on any atom is -0.497 e. The van der Waals surface area contributed by atoms with Crippen LogP contribution in [0.4, 0.5) is 5.69 Å². The molecule has 1 aliphatic heterocycles. The Kier molecular flexibility index (Phi) is 4.95. The van der Waals surface area contributed by atoms with Crippen molar-refractivity contribution in [3.63, 3.8) is 0 Å². The van der Waals surface area contributed by atoms with Crippen molar-refractivity contribution in [3.05, 3.63) is 58.4 Å². The number of benzene rings is 2. The molecular formula is C22H20N6O2S. The highest BCUT2D eigenvalue weighted by Crippen LogP contribution is 2.33. The molecule has 2 aromatic carbocycles. The van der Waals surface area contributed by atoms with Gasteiger partial charge in [-0.05, 0) is 48.4 Å². The Balaban J connectivity index is 1.32. The molecule has 156 valence electrons. The smallest absolute Gasteiger partial charge is 0.250 e. The van der Waals surface area contributed by atoms with Crippen molar-refractivity contribution in [3.8, 4) is 28.4 Å². The molecule has 1 amide bonds. The number of carbonyl (C=O) groups is 1. The summed E-state index contributed by atoms with van der Waals surface area (Å²) in [5, 5.41) is 15.6. The zero-order valence-corrected chi connectivity index (χ0v) is 18.0. The van der Waals surface area contributed by atoms with Crippen molar-refractivity contribution >= 4 is 22.9 Å². The molecular weight excluding hydrogens is 412 g/mol. The van der Waals surface area contributed by atoms with Crippen LogP contribution in [-0.2, 0) is 17.8 Å². The molecule has 0 saturated carbocycles. The Labute approximate surface area is 183 Å². The van der Waals surface area contributed by atoms with E-state index < -0.39 is 0 Å². The normalized spacial score (nSPS) is 12.8. The van der Waals surface area contributed by atoms with E-state index in [2.05, 4.69) is 31.8 Å². The van der Waals surface area contributed by atoms with Crippen LogP contribution in [0, 0.1) is 6.92 Å². The minimum absolute atomic E-state index is 0.0312. The average Bonchev–Trinajstić information content (AvgIpc) is 3.53. The zero-order chi connectivity index (χ0) is 21.4. The molecule has 0 saturated heterocycles. The maximum Gasteiger partial charge on any atom is 0.250 e. The first-order chi connectivity index (χ1) is 15.1. The lowest BCUT2D eigenvalue weighted by molar-refractivity contribution is -0.119. The second-order valence-corrected chi connectivity index (χ2v) is 8.33. The lowest BCUT2D eigenvalue weighted by Crippen LogP contribution is -2.32. The second-order valence-electron chi connectivity index (χ2n) is 7.27. The van der Waals surface area contributed by atoms with Crippen LogP contribution in [0.3, 0.4) is 0 Å². The lowest BCUT2D eigenvalue weighted by atomic mass is 10.1. The molecule has 0 bridgehead atoms. The number of amides is 1. The highest BCUT2D eigenvalue weighted by Gasteiger charge is 2.26. The van der Waals surface area contributed by atoms with E-state index in [0.717, 1.165) is 39.5 Å². The van der Waals surface area contributed by atoms with Gasteiger partial charge < -0.3 is 9.64 Å². The lowest BCUT2D eigenvalue weighted by Gasteiger charge is -2.17. The van der Waals surface area contributed by atoms with E-state index >= 15 is 0 Å². The molecule has 9 heteroatoms. The summed E-state index contributed by atoms with van der Waals surface area (Å²) >= 11 is 1.64. The minimum atomic E-state index is -0.0643. The van der Waals surface area contributed by atoms with E-state index in [-0.39, 0.29) is 12.5 Å². The van der Waals surface area contributed by atoms with Crippen LogP contribution in [0.25, 0.3) is 22.6 Å². The maximum absolute atomic E-state index is 12.9. The number of tetrazole rings is 1. The Hall–Kier alpha value is -3.59. The Morgan fingerprint density at radius 1 is 1.19 bits per heavy atom. The van der Waals surface area contributed by atoms with E-state index in [1.165, 1.54) is 4.80 Å². The number of aromatic nitrogens is 5. The third-order valence-electron chi connectivity index (χ3n) is 5.25. The molecule has 2 aromatic heterocycles. The maximum atomic E-state index is 12.9. The van der Waals surface area contributed by atoms with Crippen molar-refractivity contribution in [2.45, 2.75) is 19.9 Å². The van der Waals surface area contributed by atoms with Gasteiger partial charge in [0, 0.05) is 28.7 Å². The summed E-state index contributed by atoms with van der Waals surface area (Å²) in [5.74, 6) is 1.10. The van der Waals surface area contributed by atoms with Gasteiger partial charge in [0.25, 0.3) is 5.91 Å². The van der Waals surface area contributed by atoms with Crippen molar-refractivity contribution < 1.29 is 9.53 Å². The Morgan fingerprint density at radius 3 is 2.90 bits per heavy atom. The SMILES string of the molecule is COc1cccc(-c2nnn(CC(=O)N3CCc4cc(-c5csc(C)n5)ccc43)n2)c1. The summed E-state index contributed by atoms with van der Waals surface area (Å²) in [6.45, 7) is 2.68. The first kappa shape index (κ1) is 19.4. The number of anilines is 1. The number of ether oxygens (including phenoxy) is 1. The van der Waals surface area contributed by atoms with E-state index in [0.29, 0.717) is 18.1 Å². The molecule has 0 spiro atoms. The van der Waals surface area contributed by atoms with Gasteiger partial charge in [-0.3, -0.25) is 4.79 Å². The molecule has 0 fully saturated rings. The van der Waals surface area contributed by atoms with E-state index in [1.807, 2.05) is 43.3 Å². The van der Waals surface area contributed by atoms with Gasteiger partial charge >= 0.3 is 0 Å². The highest BCUT2D eigenvalue weighted by atomic mass is 32.1. The fraction of sp³-hybridized carbons (Fsp3) is 0.227. The summed E-state index contributed by atoms with van der Waals surface area (Å²) in [4.78, 5) is 20.6. The first-order valence-corrected chi connectivity index (χ1v) is 10.8. The summed E-state index contributed by atoms with van der Waals surface area (Å²) in [5.41, 5.74) is 4.94. The van der Waals surface area contributed by atoms with E-state index in [1.54, 1.807) is 23.3 Å². The van der Waals surface area contributed by atoms with Gasteiger partial charge in [0.1, 0.15) is 12.3 Å². The molecule has 0 unspecified atom stereocenters. The van der Waals surface area contributed by atoms with Crippen molar-refractivity contribution in [1.82, 2.24) is 25.2 Å². The number of thiazole rings is 1. The van der Waals surface area contributed by atoms with Crippen LogP contribution in [0.1, 0.15) is 10.6 Å². The van der Waals surface area contributed by atoms with E-state index in [9.17, 15) is 4.79 Å². The summed E-state index contributed by atoms with van der Waals surface area (Å²) in [6.07, 6.45) is 0.817. The van der Waals surface area contributed by atoms with Gasteiger partial charge in [-0.25, -0.2) is 4.98 Å². The quantitative estimate of drug-likeness (QED) is 0.481. The highest BCUT2D eigenvalue weighted by molar-refractivity contribution is 7.09. The number of methoxy groups -OCH3 is 1. The van der Waals surface area contributed by atoms with Crippen LogP contribution in [-0.4, -0.2) is 44.8 Å². The molecule has 31 heavy (non-hydrogen) atoms. The largest absolute Gasteiger partial charge is 0.497 e. The van der Waals surface area contributed by atoms with Crippen molar-refractivity contribution in [2.24, 2.45) is 0 Å². The molecule has 0 aliphatic carbocycles. The van der Waals surface area contributed by atoms with Gasteiger partial charge in [-0.1, -0.05) is 18.2 Å². The number of hydrogen-bond donors (Lipinski definition) is 0. The molecule has 0 atom stereocenters. The molecule has 0 N–H and O–H groups in total. The third kappa shape index (κ3) is 3.79. The monoisotopic (exact) mass is 432 g/mol. The summed E-state index contributed by atoms with van der Waals surface area (Å²) < 4.78 is 5.24. The second kappa shape index (κ2) is 7.92. The standard InChI is InChI=1S/C22H20N6O2S/c1-14-23-19(13-31-14)15-6-7-20-16(10-15)8-9-27(20)21(29)12-28-25-22(24-26-28)17-4-3-5-18(11-17)30-2/h3-7,10-11,13H,8-9,12H2,1-2H3. The number of nitrogens with zero attached hydrogens (tertiary/aromatic N) is 6. The topological polar surface area (TPSA) is 86.0 Å². The number of fused-ring (bicyclic) bond motifs is 1. The zero-order valence-electron chi connectivity index (χ0n) is 17.1. The predicted octanol–water partition coefficient (Wildman–Crippen LogP) is 3.37. The summed E-state index contributed by atoms with van der Waals surface area (Å²) in [7, 11) is 1.61. The van der Waals surface area contributed by atoms with Crippen LogP contribution >= 0.6 is 11.3 Å². The first-order valence-electron chi connectivity index (χ1n) is 9.89.